The summed E-state index contributed by atoms with van der Waals surface area (Å²) in [5.41, 5.74) is 7.11. The molecule has 0 spiro atoms. The van der Waals surface area contributed by atoms with Gasteiger partial charge < -0.3 is 15.8 Å². The fraction of sp³-hybridized carbons (Fsp3) is 0.588. The van der Waals surface area contributed by atoms with E-state index in [1.165, 1.54) is 12.8 Å². The van der Waals surface area contributed by atoms with Gasteiger partial charge in [0.2, 0.25) is 0 Å². The van der Waals surface area contributed by atoms with Crippen molar-refractivity contribution in [2.24, 2.45) is 5.73 Å². The van der Waals surface area contributed by atoms with Crippen LogP contribution in [0.25, 0.3) is 0 Å². The second-order valence-electron chi connectivity index (χ2n) is 5.86. The zero-order chi connectivity index (χ0) is 15.1. The summed E-state index contributed by atoms with van der Waals surface area (Å²) in [6.45, 7) is 2.16. The highest BCUT2D eigenvalue weighted by molar-refractivity contribution is 5.77. The van der Waals surface area contributed by atoms with E-state index in [4.69, 9.17) is 10.5 Å². The lowest BCUT2D eigenvalue weighted by Gasteiger charge is -2.13. The van der Waals surface area contributed by atoms with Crippen molar-refractivity contribution in [1.29, 1.82) is 0 Å². The number of carbonyl (C=O) groups is 1. The van der Waals surface area contributed by atoms with Crippen molar-refractivity contribution < 1.29 is 9.53 Å². The third-order valence-corrected chi connectivity index (χ3v) is 4.01. The lowest BCUT2D eigenvalue weighted by atomic mass is 10.0. The van der Waals surface area contributed by atoms with Crippen molar-refractivity contribution in [2.75, 3.05) is 6.61 Å². The van der Waals surface area contributed by atoms with E-state index >= 15 is 0 Å². The lowest BCUT2D eigenvalue weighted by Crippen LogP contribution is -2.36. The highest BCUT2D eigenvalue weighted by Crippen LogP contribution is 2.18. The number of hydrogen-bond acceptors (Lipinski definition) is 3. The van der Waals surface area contributed by atoms with Gasteiger partial charge in [0.15, 0.2) is 6.61 Å². The molecule has 0 saturated heterocycles. The molecule has 1 amide bonds. The summed E-state index contributed by atoms with van der Waals surface area (Å²) >= 11 is 0. The summed E-state index contributed by atoms with van der Waals surface area (Å²) in [6, 6.07) is 8.35. The molecule has 0 bridgehead atoms. The number of nitrogens with one attached hydrogen (secondary N) is 1. The molecule has 0 aromatic heterocycles. The molecule has 1 aromatic rings. The molecule has 4 heteroatoms. The Balaban J connectivity index is 1.79. The van der Waals surface area contributed by atoms with Crippen LogP contribution in [0.5, 0.6) is 5.75 Å². The zero-order valence-electron chi connectivity index (χ0n) is 12.8. The van der Waals surface area contributed by atoms with Gasteiger partial charge in [-0.1, -0.05) is 31.9 Å². The molecule has 1 atom stereocenters. The largest absolute Gasteiger partial charge is 0.484 e. The minimum absolute atomic E-state index is 0.0300. The van der Waals surface area contributed by atoms with Crippen LogP contribution in [-0.4, -0.2) is 24.6 Å². The van der Waals surface area contributed by atoms with Crippen molar-refractivity contribution in [2.45, 2.75) is 57.5 Å². The minimum Gasteiger partial charge on any atom is -0.484 e. The summed E-state index contributed by atoms with van der Waals surface area (Å²) in [5, 5.41) is 3.02. The van der Waals surface area contributed by atoms with Crippen LogP contribution < -0.4 is 15.8 Å². The number of nitrogens with two attached hydrogens (primary N) is 1. The predicted molar refractivity (Wildman–Crippen MR) is 84.3 cm³/mol. The molecule has 1 aromatic carbocycles. The van der Waals surface area contributed by atoms with Crippen LogP contribution in [-0.2, 0) is 11.2 Å². The van der Waals surface area contributed by atoms with Crippen LogP contribution in [0, 0.1) is 0 Å². The van der Waals surface area contributed by atoms with E-state index in [0.717, 1.165) is 37.0 Å². The molecule has 1 unspecified atom stereocenters. The van der Waals surface area contributed by atoms with E-state index in [-0.39, 0.29) is 18.6 Å². The Morgan fingerprint density at radius 2 is 2.19 bits per heavy atom. The number of ether oxygens (including phenoxy) is 1. The highest BCUT2D eigenvalue weighted by Gasteiger charge is 2.17. The second-order valence-corrected chi connectivity index (χ2v) is 5.86. The first-order valence-electron chi connectivity index (χ1n) is 7.94. The third-order valence-electron chi connectivity index (χ3n) is 4.01. The number of rotatable bonds is 7. The number of benzene rings is 1. The maximum atomic E-state index is 11.8. The SMILES string of the molecule is CCC(N)Cc1cccc(OCC(=O)NC2CCCC2)c1. The standard InChI is InChI=1S/C17H26N2O2/c1-2-14(18)10-13-6-5-9-16(11-13)21-12-17(20)19-15-7-3-4-8-15/h5-6,9,11,14-15H,2-4,7-8,10,12,18H2,1H3,(H,19,20). The molecular weight excluding hydrogens is 264 g/mol. The zero-order valence-corrected chi connectivity index (χ0v) is 12.8. The van der Waals surface area contributed by atoms with Crippen molar-refractivity contribution in [3.8, 4) is 5.75 Å². The molecule has 2 rings (SSSR count). The number of amides is 1. The Kier molecular flexibility index (Phi) is 6.05. The summed E-state index contributed by atoms with van der Waals surface area (Å²) in [7, 11) is 0. The highest BCUT2D eigenvalue weighted by atomic mass is 16.5. The normalized spacial score (nSPS) is 16.7. The van der Waals surface area contributed by atoms with Crippen LogP contribution in [0.15, 0.2) is 24.3 Å². The Bertz CT molecular complexity index is 456. The van der Waals surface area contributed by atoms with Crippen molar-refractivity contribution >= 4 is 5.91 Å². The Morgan fingerprint density at radius 3 is 2.90 bits per heavy atom. The first-order chi connectivity index (χ1) is 10.2. The summed E-state index contributed by atoms with van der Waals surface area (Å²) in [4.78, 5) is 11.8. The summed E-state index contributed by atoms with van der Waals surface area (Å²) in [5.74, 6) is 0.704. The molecule has 116 valence electrons. The predicted octanol–water partition coefficient (Wildman–Crippen LogP) is 2.40. The van der Waals surface area contributed by atoms with E-state index in [0.29, 0.717) is 6.04 Å². The van der Waals surface area contributed by atoms with E-state index in [1.807, 2.05) is 24.3 Å². The summed E-state index contributed by atoms with van der Waals surface area (Å²) < 4.78 is 5.58. The Hall–Kier alpha value is -1.55. The van der Waals surface area contributed by atoms with Gasteiger partial charge in [0.05, 0.1) is 0 Å². The van der Waals surface area contributed by atoms with Crippen LogP contribution in [0.2, 0.25) is 0 Å². The lowest BCUT2D eigenvalue weighted by molar-refractivity contribution is -0.123. The molecule has 3 N–H and O–H groups in total. The Morgan fingerprint density at radius 1 is 1.43 bits per heavy atom. The third kappa shape index (κ3) is 5.38. The second kappa shape index (κ2) is 8.03. The van der Waals surface area contributed by atoms with Gasteiger partial charge in [-0.3, -0.25) is 4.79 Å². The topological polar surface area (TPSA) is 64.3 Å². The van der Waals surface area contributed by atoms with Crippen molar-refractivity contribution in [3.05, 3.63) is 29.8 Å². The van der Waals surface area contributed by atoms with Crippen LogP contribution in [0.3, 0.4) is 0 Å². The molecule has 1 aliphatic carbocycles. The van der Waals surface area contributed by atoms with E-state index in [2.05, 4.69) is 12.2 Å². The average molecular weight is 290 g/mol. The van der Waals surface area contributed by atoms with Crippen LogP contribution in [0.1, 0.15) is 44.6 Å². The quantitative estimate of drug-likeness (QED) is 0.810. The van der Waals surface area contributed by atoms with Gasteiger partial charge in [-0.15, -0.1) is 0 Å². The van der Waals surface area contributed by atoms with E-state index in [1.54, 1.807) is 0 Å². The van der Waals surface area contributed by atoms with Gasteiger partial charge in [-0.25, -0.2) is 0 Å². The molecule has 21 heavy (non-hydrogen) atoms. The molecule has 1 fully saturated rings. The van der Waals surface area contributed by atoms with Crippen LogP contribution >= 0.6 is 0 Å². The molecule has 1 aliphatic rings. The average Bonchev–Trinajstić information content (AvgIpc) is 2.98. The Labute approximate surface area is 127 Å². The molecule has 0 heterocycles. The monoisotopic (exact) mass is 290 g/mol. The van der Waals surface area contributed by atoms with Gasteiger partial charge >= 0.3 is 0 Å². The van der Waals surface area contributed by atoms with E-state index < -0.39 is 0 Å². The first kappa shape index (κ1) is 15.8. The summed E-state index contributed by atoms with van der Waals surface area (Å²) in [6.07, 6.45) is 6.40. The fourth-order valence-electron chi connectivity index (χ4n) is 2.70. The van der Waals surface area contributed by atoms with E-state index in [9.17, 15) is 4.79 Å². The fourth-order valence-corrected chi connectivity index (χ4v) is 2.70. The van der Waals surface area contributed by atoms with Gasteiger partial charge in [-0.05, 0) is 43.4 Å². The molecule has 1 saturated carbocycles. The van der Waals surface area contributed by atoms with Gasteiger partial charge in [0.1, 0.15) is 5.75 Å². The van der Waals surface area contributed by atoms with Gasteiger partial charge in [0.25, 0.3) is 5.91 Å². The minimum atomic E-state index is -0.0300. The molecule has 0 radical (unpaired) electrons. The van der Waals surface area contributed by atoms with Crippen molar-refractivity contribution in [3.63, 3.8) is 0 Å². The van der Waals surface area contributed by atoms with Gasteiger partial charge in [-0.2, -0.15) is 0 Å². The number of carbonyl (C=O) groups excluding carboxylic acids is 1. The van der Waals surface area contributed by atoms with Crippen LogP contribution in [0.4, 0.5) is 0 Å². The smallest absolute Gasteiger partial charge is 0.258 e. The van der Waals surface area contributed by atoms with Crippen molar-refractivity contribution in [1.82, 2.24) is 5.32 Å². The maximum Gasteiger partial charge on any atom is 0.258 e. The molecule has 4 nitrogen and oxygen atoms in total. The first-order valence-corrected chi connectivity index (χ1v) is 7.94. The van der Waals surface area contributed by atoms with Gasteiger partial charge in [0, 0.05) is 12.1 Å². The molecular formula is C17H26N2O2. The maximum absolute atomic E-state index is 11.8. The molecule has 0 aliphatic heterocycles. The number of hydrogen-bond donors (Lipinski definition) is 2.